The van der Waals surface area contributed by atoms with Gasteiger partial charge in [0, 0.05) is 28.0 Å². The SMILES string of the molecule is CCC1CCCCC(C)CC2=CC3C4CCCC4c4sc(-c5ccc(Cl)cc5)nc4[C@H]3C2CCO1. The number of thiazole rings is 1. The second-order valence-electron chi connectivity index (χ2n) is 11.7. The van der Waals surface area contributed by atoms with Crippen molar-refractivity contribution in [3.63, 3.8) is 0 Å². The van der Waals surface area contributed by atoms with Gasteiger partial charge in [-0.25, -0.2) is 4.98 Å². The van der Waals surface area contributed by atoms with Crippen molar-refractivity contribution in [2.45, 2.75) is 96.0 Å². The summed E-state index contributed by atoms with van der Waals surface area (Å²) in [6.07, 6.45) is 16.1. The molecule has 2 aromatic rings. The first-order valence-corrected chi connectivity index (χ1v) is 15.4. The molecule has 0 bridgehead atoms. The quantitative estimate of drug-likeness (QED) is 0.376. The van der Waals surface area contributed by atoms with Gasteiger partial charge in [0.25, 0.3) is 0 Å². The molecule has 188 valence electrons. The van der Waals surface area contributed by atoms with E-state index in [1.807, 2.05) is 23.5 Å². The molecule has 0 amide bonds. The molecule has 2 fully saturated rings. The highest BCUT2D eigenvalue weighted by Gasteiger charge is 2.51. The smallest absolute Gasteiger partial charge is 0.123 e. The van der Waals surface area contributed by atoms with Crippen molar-refractivity contribution in [2.24, 2.45) is 23.7 Å². The number of ether oxygens (including phenoxy) is 1. The Kier molecular flexibility index (Phi) is 7.12. The largest absolute Gasteiger partial charge is 0.378 e. The highest BCUT2D eigenvalue weighted by Crippen LogP contribution is 2.62. The van der Waals surface area contributed by atoms with Crippen molar-refractivity contribution in [2.75, 3.05) is 6.61 Å². The fourth-order valence-corrected chi connectivity index (χ4v) is 9.26. The van der Waals surface area contributed by atoms with Gasteiger partial charge in [-0.05, 0) is 80.2 Å². The Morgan fingerprint density at radius 1 is 1.00 bits per heavy atom. The Balaban J connectivity index is 1.36. The third-order valence-corrected chi connectivity index (χ3v) is 11.0. The number of nitrogens with zero attached hydrogens (tertiary/aromatic N) is 1. The van der Waals surface area contributed by atoms with Crippen molar-refractivity contribution >= 4 is 22.9 Å². The Labute approximate surface area is 220 Å². The maximum atomic E-state index is 6.48. The van der Waals surface area contributed by atoms with Gasteiger partial charge in [0.1, 0.15) is 5.01 Å². The van der Waals surface area contributed by atoms with Gasteiger partial charge in [0.05, 0.1) is 11.8 Å². The molecule has 0 N–H and O–H groups in total. The highest BCUT2D eigenvalue weighted by atomic mass is 35.5. The van der Waals surface area contributed by atoms with E-state index in [0.717, 1.165) is 36.3 Å². The topological polar surface area (TPSA) is 22.1 Å². The number of hydrogen-bond donors (Lipinski definition) is 0. The molecule has 1 aromatic carbocycles. The van der Waals surface area contributed by atoms with Crippen LogP contribution in [0.4, 0.5) is 0 Å². The molecule has 4 aliphatic rings. The van der Waals surface area contributed by atoms with E-state index in [1.54, 1.807) is 10.5 Å². The van der Waals surface area contributed by atoms with Crippen LogP contribution in [0.25, 0.3) is 10.6 Å². The summed E-state index contributed by atoms with van der Waals surface area (Å²) in [4.78, 5) is 7.04. The summed E-state index contributed by atoms with van der Waals surface area (Å²) in [5, 5.41) is 1.98. The minimum atomic E-state index is 0.436. The van der Waals surface area contributed by atoms with Gasteiger partial charge in [-0.3, -0.25) is 0 Å². The maximum Gasteiger partial charge on any atom is 0.123 e. The Morgan fingerprint density at radius 3 is 2.66 bits per heavy atom. The lowest BCUT2D eigenvalue weighted by atomic mass is 9.67. The summed E-state index contributed by atoms with van der Waals surface area (Å²) in [5.74, 6) is 4.12. The summed E-state index contributed by atoms with van der Waals surface area (Å²) in [5.41, 5.74) is 4.40. The van der Waals surface area contributed by atoms with Gasteiger partial charge in [-0.1, -0.05) is 74.9 Å². The summed E-state index contributed by atoms with van der Waals surface area (Å²) in [6, 6.07) is 8.29. The summed E-state index contributed by atoms with van der Waals surface area (Å²) >= 11 is 8.17. The van der Waals surface area contributed by atoms with Crippen LogP contribution in [0.15, 0.2) is 35.9 Å². The van der Waals surface area contributed by atoms with Gasteiger partial charge < -0.3 is 4.74 Å². The van der Waals surface area contributed by atoms with Crippen molar-refractivity contribution in [1.82, 2.24) is 4.98 Å². The van der Waals surface area contributed by atoms with Crippen LogP contribution in [0.5, 0.6) is 0 Å². The first-order valence-electron chi connectivity index (χ1n) is 14.2. The molecule has 2 nitrogen and oxygen atoms in total. The number of fused-ring (bicyclic) bond motifs is 8. The first kappa shape index (κ1) is 24.2. The van der Waals surface area contributed by atoms with E-state index >= 15 is 0 Å². The molecule has 1 aromatic heterocycles. The Morgan fingerprint density at radius 2 is 1.83 bits per heavy atom. The minimum Gasteiger partial charge on any atom is -0.378 e. The molecule has 6 rings (SSSR count). The average molecular weight is 510 g/mol. The number of hydrogen-bond acceptors (Lipinski definition) is 3. The van der Waals surface area contributed by atoms with E-state index in [9.17, 15) is 0 Å². The normalized spacial score (nSPS) is 35.2. The molecule has 6 unspecified atom stereocenters. The molecule has 0 spiro atoms. The molecule has 4 heteroatoms. The van der Waals surface area contributed by atoms with Gasteiger partial charge in [0.2, 0.25) is 0 Å². The predicted molar refractivity (Wildman–Crippen MR) is 147 cm³/mol. The fourth-order valence-electron chi connectivity index (χ4n) is 7.80. The van der Waals surface area contributed by atoms with Crippen LogP contribution < -0.4 is 0 Å². The summed E-state index contributed by atoms with van der Waals surface area (Å²) < 4.78 is 6.48. The Hall–Kier alpha value is -1.16. The van der Waals surface area contributed by atoms with E-state index in [-0.39, 0.29) is 0 Å². The third-order valence-electron chi connectivity index (χ3n) is 9.51. The van der Waals surface area contributed by atoms with E-state index in [4.69, 9.17) is 21.3 Å². The monoisotopic (exact) mass is 509 g/mol. The third kappa shape index (κ3) is 4.66. The lowest BCUT2D eigenvalue weighted by Gasteiger charge is -2.38. The molecule has 1 saturated carbocycles. The number of benzene rings is 1. The fraction of sp³-hybridized carbons (Fsp3) is 0.645. The summed E-state index contributed by atoms with van der Waals surface area (Å²) in [6.45, 7) is 5.68. The van der Waals surface area contributed by atoms with Gasteiger partial charge >= 0.3 is 0 Å². The van der Waals surface area contributed by atoms with E-state index in [0.29, 0.717) is 29.8 Å². The molecular weight excluding hydrogens is 470 g/mol. The molecule has 3 aliphatic carbocycles. The molecule has 2 heterocycles. The molecule has 0 radical (unpaired) electrons. The second kappa shape index (κ2) is 10.3. The van der Waals surface area contributed by atoms with Crippen LogP contribution in [0.3, 0.4) is 0 Å². The molecule has 7 atom stereocenters. The molecule has 1 aliphatic heterocycles. The standard InChI is InChI=1S/C31H40ClNOS/c1-3-23-8-5-4-7-19(2)17-21-18-27-25-9-6-10-26(25)30-29(28(27)24(21)15-16-34-23)33-31(35-30)20-11-13-22(32)14-12-20/h11-14,18-19,23-28H,3-10,15-17H2,1-2H3/t19?,23?,24?,25?,26?,27?,28-/m0/s1. The lowest BCUT2D eigenvalue weighted by molar-refractivity contribution is 0.0334. The first-order chi connectivity index (χ1) is 17.1. The van der Waals surface area contributed by atoms with Crippen molar-refractivity contribution in [3.8, 4) is 10.6 Å². The Bertz CT molecular complexity index is 1060. The molecule has 1 saturated heterocycles. The van der Waals surface area contributed by atoms with Crippen molar-refractivity contribution < 1.29 is 4.74 Å². The van der Waals surface area contributed by atoms with Crippen LogP contribution in [-0.2, 0) is 4.74 Å². The van der Waals surface area contributed by atoms with Crippen LogP contribution >= 0.6 is 22.9 Å². The molecular formula is C31H40ClNOS. The van der Waals surface area contributed by atoms with Crippen LogP contribution in [0, 0.1) is 23.7 Å². The van der Waals surface area contributed by atoms with E-state index in [1.165, 1.54) is 67.6 Å². The number of aromatic nitrogens is 1. The zero-order valence-corrected chi connectivity index (χ0v) is 22.9. The molecule has 35 heavy (non-hydrogen) atoms. The number of allylic oxidation sites excluding steroid dienone is 2. The number of rotatable bonds is 2. The van der Waals surface area contributed by atoms with E-state index in [2.05, 4.69) is 32.1 Å². The number of halogens is 1. The van der Waals surface area contributed by atoms with Gasteiger partial charge in [0.15, 0.2) is 0 Å². The minimum absolute atomic E-state index is 0.436. The summed E-state index contributed by atoms with van der Waals surface area (Å²) in [7, 11) is 0. The predicted octanol–water partition coefficient (Wildman–Crippen LogP) is 9.40. The van der Waals surface area contributed by atoms with Crippen LogP contribution in [-0.4, -0.2) is 17.7 Å². The van der Waals surface area contributed by atoms with Crippen LogP contribution in [0.2, 0.25) is 5.02 Å². The zero-order valence-electron chi connectivity index (χ0n) is 21.3. The van der Waals surface area contributed by atoms with Gasteiger partial charge in [-0.2, -0.15) is 0 Å². The zero-order chi connectivity index (χ0) is 23.9. The van der Waals surface area contributed by atoms with Crippen molar-refractivity contribution in [1.29, 1.82) is 0 Å². The lowest BCUT2D eigenvalue weighted by Crippen LogP contribution is -2.30. The van der Waals surface area contributed by atoms with E-state index < -0.39 is 0 Å². The highest BCUT2D eigenvalue weighted by molar-refractivity contribution is 7.15. The van der Waals surface area contributed by atoms with Gasteiger partial charge in [-0.15, -0.1) is 11.3 Å². The maximum absolute atomic E-state index is 6.48. The van der Waals surface area contributed by atoms with Crippen molar-refractivity contribution in [3.05, 3.63) is 51.5 Å². The van der Waals surface area contributed by atoms with Crippen LogP contribution in [0.1, 0.15) is 100 Å². The second-order valence-corrected chi connectivity index (χ2v) is 13.2. The average Bonchev–Trinajstić information content (AvgIpc) is 3.57.